The molecule has 1 aromatic heterocycles. The van der Waals surface area contributed by atoms with Gasteiger partial charge in [-0.3, -0.25) is 0 Å². The van der Waals surface area contributed by atoms with Crippen molar-refractivity contribution in [2.75, 3.05) is 0 Å². The molecule has 0 atom stereocenters. The first-order chi connectivity index (χ1) is 6.79. The first kappa shape index (κ1) is 9.81. The molecule has 0 aliphatic carbocycles. The summed E-state index contributed by atoms with van der Waals surface area (Å²) in [7, 11) is 0. The van der Waals surface area contributed by atoms with Crippen molar-refractivity contribution in [3.8, 4) is 11.3 Å². The van der Waals surface area contributed by atoms with Gasteiger partial charge in [0.1, 0.15) is 5.76 Å². The average molecular weight is 272 g/mol. The second kappa shape index (κ2) is 4.20. The number of hydrogen-bond donors (Lipinski definition) is 0. The van der Waals surface area contributed by atoms with Crippen LogP contribution in [0.15, 0.2) is 45.5 Å². The molecule has 1 heterocycles. The Hall–Kier alpha value is -0.730. The Bertz CT molecular complexity index is 419. The third-order valence-corrected chi connectivity index (χ3v) is 2.77. The standard InChI is InChI=1S/C11H8BrClO/c12-10-3-1-9(2-4-10)11-5-8(6-13)7-14-11/h1-5,7H,6H2. The van der Waals surface area contributed by atoms with E-state index < -0.39 is 0 Å². The maximum absolute atomic E-state index is 5.69. The summed E-state index contributed by atoms with van der Waals surface area (Å²) < 4.78 is 6.44. The monoisotopic (exact) mass is 270 g/mol. The second-order valence-electron chi connectivity index (χ2n) is 2.96. The van der Waals surface area contributed by atoms with Gasteiger partial charge < -0.3 is 4.42 Å². The van der Waals surface area contributed by atoms with Gasteiger partial charge in [-0.05, 0) is 18.2 Å². The lowest BCUT2D eigenvalue weighted by Crippen LogP contribution is -1.72. The topological polar surface area (TPSA) is 13.1 Å². The number of benzene rings is 1. The predicted molar refractivity (Wildman–Crippen MR) is 61.4 cm³/mol. The van der Waals surface area contributed by atoms with Gasteiger partial charge in [0.05, 0.1) is 12.1 Å². The van der Waals surface area contributed by atoms with Crippen molar-refractivity contribution in [2.45, 2.75) is 5.88 Å². The van der Waals surface area contributed by atoms with Crippen LogP contribution in [0.2, 0.25) is 0 Å². The number of furan rings is 1. The summed E-state index contributed by atoms with van der Waals surface area (Å²) >= 11 is 9.07. The maximum atomic E-state index is 5.69. The van der Waals surface area contributed by atoms with E-state index in [1.807, 2.05) is 30.3 Å². The molecule has 0 fully saturated rings. The minimum absolute atomic E-state index is 0.486. The van der Waals surface area contributed by atoms with Gasteiger partial charge in [-0.2, -0.15) is 0 Å². The highest BCUT2D eigenvalue weighted by atomic mass is 79.9. The molecule has 1 nitrogen and oxygen atoms in total. The van der Waals surface area contributed by atoms with E-state index in [0.29, 0.717) is 5.88 Å². The molecule has 0 aliphatic rings. The third kappa shape index (κ3) is 2.02. The van der Waals surface area contributed by atoms with Crippen LogP contribution in [0.4, 0.5) is 0 Å². The maximum Gasteiger partial charge on any atom is 0.134 e. The van der Waals surface area contributed by atoms with Crippen molar-refractivity contribution >= 4 is 27.5 Å². The van der Waals surface area contributed by atoms with E-state index in [9.17, 15) is 0 Å². The summed E-state index contributed by atoms with van der Waals surface area (Å²) in [5.74, 6) is 1.34. The summed E-state index contributed by atoms with van der Waals surface area (Å²) in [6.45, 7) is 0. The van der Waals surface area contributed by atoms with E-state index in [4.69, 9.17) is 16.0 Å². The summed E-state index contributed by atoms with van der Waals surface area (Å²) in [5, 5.41) is 0. The molecule has 0 saturated carbocycles. The molecule has 0 amide bonds. The Kier molecular flexibility index (Phi) is 2.94. The Morgan fingerprint density at radius 1 is 1.21 bits per heavy atom. The van der Waals surface area contributed by atoms with Crippen LogP contribution in [-0.4, -0.2) is 0 Å². The van der Waals surface area contributed by atoms with E-state index in [-0.39, 0.29) is 0 Å². The van der Waals surface area contributed by atoms with Gasteiger partial charge in [0.15, 0.2) is 0 Å². The highest BCUT2D eigenvalue weighted by molar-refractivity contribution is 9.10. The van der Waals surface area contributed by atoms with Crippen molar-refractivity contribution in [1.29, 1.82) is 0 Å². The molecule has 2 rings (SSSR count). The molecule has 0 saturated heterocycles. The van der Waals surface area contributed by atoms with Crippen molar-refractivity contribution in [1.82, 2.24) is 0 Å². The largest absolute Gasteiger partial charge is 0.464 e. The number of alkyl halides is 1. The van der Waals surface area contributed by atoms with Gasteiger partial charge in [0, 0.05) is 15.6 Å². The summed E-state index contributed by atoms with van der Waals surface area (Å²) in [6.07, 6.45) is 1.68. The number of rotatable bonds is 2. The van der Waals surface area contributed by atoms with E-state index in [1.165, 1.54) is 0 Å². The predicted octanol–water partition coefficient (Wildman–Crippen LogP) is 4.45. The van der Waals surface area contributed by atoms with E-state index >= 15 is 0 Å². The fraction of sp³-hybridized carbons (Fsp3) is 0.0909. The van der Waals surface area contributed by atoms with Gasteiger partial charge in [-0.15, -0.1) is 11.6 Å². The normalized spacial score (nSPS) is 10.4. The van der Waals surface area contributed by atoms with Gasteiger partial charge >= 0.3 is 0 Å². The molecule has 0 spiro atoms. The molecule has 0 unspecified atom stereocenters. The lowest BCUT2D eigenvalue weighted by Gasteiger charge is -1.95. The Labute approximate surface area is 95.8 Å². The lowest BCUT2D eigenvalue weighted by molar-refractivity contribution is 0.580. The fourth-order valence-corrected chi connectivity index (χ4v) is 1.62. The summed E-state index contributed by atoms with van der Waals surface area (Å²) in [5.41, 5.74) is 2.06. The third-order valence-electron chi connectivity index (χ3n) is 1.94. The van der Waals surface area contributed by atoms with Crippen LogP contribution in [0.3, 0.4) is 0 Å². The second-order valence-corrected chi connectivity index (χ2v) is 4.14. The lowest BCUT2D eigenvalue weighted by atomic mass is 10.1. The fourth-order valence-electron chi connectivity index (χ4n) is 1.21. The molecule has 3 heteroatoms. The summed E-state index contributed by atoms with van der Waals surface area (Å²) in [6, 6.07) is 9.93. The molecular formula is C11H8BrClO. The molecule has 0 bridgehead atoms. The minimum Gasteiger partial charge on any atom is -0.464 e. The molecule has 2 aromatic rings. The van der Waals surface area contributed by atoms with Crippen LogP contribution in [0.1, 0.15) is 5.56 Å². The van der Waals surface area contributed by atoms with Crippen molar-refractivity contribution < 1.29 is 4.42 Å². The molecule has 14 heavy (non-hydrogen) atoms. The zero-order valence-electron chi connectivity index (χ0n) is 7.34. The van der Waals surface area contributed by atoms with Crippen molar-refractivity contribution in [2.24, 2.45) is 0 Å². The van der Waals surface area contributed by atoms with Crippen LogP contribution in [-0.2, 0) is 5.88 Å². The van der Waals surface area contributed by atoms with Crippen LogP contribution >= 0.6 is 27.5 Å². The SMILES string of the molecule is ClCc1coc(-c2ccc(Br)cc2)c1. The molecular weight excluding hydrogens is 263 g/mol. The molecule has 0 N–H and O–H groups in total. The Balaban J connectivity index is 2.34. The first-order valence-corrected chi connectivity index (χ1v) is 5.51. The quantitative estimate of drug-likeness (QED) is 0.736. The minimum atomic E-state index is 0.486. The van der Waals surface area contributed by atoms with Crippen molar-refractivity contribution in [3.05, 3.63) is 46.6 Å². The van der Waals surface area contributed by atoms with E-state index in [2.05, 4.69) is 15.9 Å². The van der Waals surface area contributed by atoms with E-state index in [0.717, 1.165) is 21.4 Å². The first-order valence-electron chi connectivity index (χ1n) is 4.19. The molecule has 0 aliphatic heterocycles. The van der Waals surface area contributed by atoms with Gasteiger partial charge in [-0.1, -0.05) is 28.1 Å². The Morgan fingerprint density at radius 2 is 1.93 bits per heavy atom. The number of hydrogen-bond acceptors (Lipinski definition) is 1. The van der Waals surface area contributed by atoms with Crippen LogP contribution in [0, 0.1) is 0 Å². The van der Waals surface area contributed by atoms with Gasteiger partial charge in [0.25, 0.3) is 0 Å². The average Bonchev–Trinajstić information content (AvgIpc) is 2.67. The zero-order valence-corrected chi connectivity index (χ0v) is 9.68. The van der Waals surface area contributed by atoms with Crippen molar-refractivity contribution in [3.63, 3.8) is 0 Å². The highest BCUT2D eigenvalue weighted by Crippen LogP contribution is 2.24. The highest BCUT2D eigenvalue weighted by Gasteiger charge is 2.03. The molecule has 0 radical (unpaired) electrons. The number of halogens is 2. The Morgan fingerprint density at radius 3 is 2.50 bits per heavy atom. The smallest absolute Gasteiger partial charge is 0.134 e. The van der Waals surface area contributed by atoms with Crippen LogP contribution < -0.4 is 0 Å². The van der Waals surface area contributed by atoms with E-state index in [1.54, 1.807) is 6.26 Å². The van der Waals surface area contributed by atoms with Crippen LogP contribution in [0.25, 0.3) is 11.3 Å². The molecule has 72 valence electrons. The molecule has 1 aromatic carbocycles. The zero-order chi connectivity index (χ0) is 9.97. The van der Waals surface area contributed by atoms with Gasteiger partial charge in [-0.25, -0.2) is 0 Å². The van der Waals surface area contributed by atoms with Crippen LogP contribution in [0.5, 0.6) is 0 Å². The summed E-state index contributed by atoms with van der Waals surface area (Å²) in [4.78, 5) is 0. The van der Waals surface area contributed by atoms with Gasteiger partial charge in [0.2, 0.25) is 0 Å².